The zero-order valence-electron chi connectivity index (χ0n) is 15.7. The highest BCUT2D eigenvalue weighted by atomic mass is 16.5. The highest BCUT2D eigenvalue weighted by Crippen LogP contribution is 2.09. The Labute approximate surface area is 151 Å². The molecule has 1 atom stereocenters. The molecule has 0 spiro atoms. The highest BCUT2D eigenvalue weighted by molar-refractivity contribution is 5.75. The molecule has 1 unspecified atom stereocenters. The number of hydrogen-bond acceptors (Lipinski definition) is 7. The van der Waals surface area contributed by atoms with Gasteiger partial charge in [-0.2, -0.15) is 0 Å². The van der Waals surface area contributed by atoms with Crippen LogP contribution in [0.1, 0.15) is 32.6 Å². The first kappa shape index (κ1) is 23.9. The van der Waals surface area contributed by atoms with E-state index in [-0.39, 0.29) is 5.91 Å². The van der Waals surface area contributed by atoms with Gasteiger partial charge in [0, 0.05) is 26.0 Å². The minimum Gasteiger partial charge on any atom is -0.379 e. The summed E-state index contributed by atoms with van der Waals surface area (Å²) in [5.41, 5.74) is 4.88. The second-order valence-electron chi connectivity index (χ2n) is 5.89. The first-order valence-electron chi connectivity index (χ1n) is 8.96. The van der Waals surface area contributed by atoms with Crippen LogP contribution >= 0.6 is 0 Å². The Hall–Kier alpha value is -1.06. The minimum atomic E-state index is -0.506. The predicted molar refractivity (Wildman–Crippen MR) is 96.5 cm³/mol. The van der Waals surface area contributed by atoms with Crippen LogP contribution in [0, 0.1) is 0 Å². The zero-order valence-corrected chi connectivity index (χ0v) is 15.7. The van der Waals surface area contributed by atoms with Crippen molar-refractivity contribution in [1.82, 2.24) is 10.6 Å². The summed E-state index contributed by atoms with van der Waals surface area (Å²) in [6, 6.07) is 0. The van der Waals surface area contributed by atoms with E-state index >= 15 is 0 Å². The van der Waals surface area contributed by atoms with Gasteiger partial charge in [0.2, 0.25) is 5.91 Å². The summed E-state index contributed by atoms with van der Waals surface area (Å²) in [6.07, 6.45) is 3.18. The first-order chi connectivity index (χ1) is 12.1. The fourth-order valence-electron chi connectivity index (χ4n) is 2.00. The van der Waals surface area contributed by atoms with Crippen LogP contribution in [0.4, 0.5) is 0 Å². The Morgan fingerprint density at radius 3 is 2.32 bits per heavy atom. The molecule has 0 rings (SSSR count). The predicted octanol–water partition coefficient (Wildman–Crippen LogP) is -0.151. The molecule has 0 aliphatic carbocycles. The van der Waals surface area contributed by atoms with E-state index in [1.54, 1.807) is 0 Å². The van der Waals surface area contributed by atoms with Gasteiger partial charge >= 0.3 is 0 Å². The van der Waals surface area contributed by atoms with E-state index in [0.29, 0.717) is 65.6 Å². The molecule has 0 radical (unpaired) electrons. The molecule has 0 aromatic carbocycles. The van der Waals surface area contributed by atoms with Crippen LogP contribution in [-0.4, -0.2) is 77.5 Å². The average Bonchev–Trinajstić information content (AvgIpc) is 2.62. The summed E-state index contributed by atoms with van der Waals surface area (Å²) < 4.78 is 16.9. The van der Waals surface area contributed by atoms with Gasteiger partial charge in [0.15, 0.2) is 0 Å². The molecule has 8 nitrogen and oxygen atoms in total. The summed E-state index contributed by atoms with van der Waals surface area (Å²) in [5.74, 6) is -0.0482. The molecule has 0 aromatic rings. The fourth-order valence-corrected chi connectivity index (χ4v) is 2.00. The molecule has 25 heavy (non-hydrogen) atoms. The molecule has 0 aromatic heterocycles. The monoisotopic (exact) mass is 361 g/mol. The van der Waals surface area contributed by atoms with E-state index in [2.05, 4.69) is 10.6 Å². The van der Waals surface area contributed by atoms with Crippen molar-refractivity contribution in [2.45, 2.75) is 38.1 Å². The molecule has 0 fully saturated rings. The maximum absolute atomic E-state index is 11.6. The molecular weight excluding hydrogens is 326 g/mol. The van der Waals surface area contributed by atoms with E-state index in [1.807, 2.05) is 14.0 Å². The van der Waals surface area contributed by atoms with Crippen molar-refractivity contribution in [3.05, 3.63) is 0 Å². The molecule has 4 N–H and O–H groups in total. The van der Waals surface area contributed by atoms with E-state index in [9.17, 15) is 9.59 Å². The number of rotatable bonds is 18. The van der Waals surface area contributed by atoms with Crippen molar-refractivity contribution in [3.63, 3.8) is 0 Å². The average molecular weight is 361 g/mol. The van der Waals surface area contributed by atoms with Crippen molar-refractivity contribution in [2.75, 3.05) is 59.8 Å². The lowest BCUT2D eigenvalue weighted by Crippen LogP contribution is -2.55. The van der Waals surface area contributed by atoms with Gasteiger partial charge in [0.1, 0.15) is 6.29 Å². The van der Waals surface area contributed by atoms with Gasteiger partial charge < -0.3 is 35.4 Å². The molecule has 0 bridgehead atoms. The second-order valence-corrected chi connectivity index (χ2v) is 5.89. The molecular formula is C17H35N3O5. The van der Waals surface area contributed by atoms with Crippen LogP contribution in [-0.2, 0) is 23.8 Å². The topological polar surface area (TPSA) is 112 Å². The number of amides is 1. The van der Waals surface area contributed by atoms with Crippen LogP contribution < -0.4 is 16.4 Å². The lowest BCUT2D eigenvalue weighted by molar-refractivity contribution is -0.122. The fraction of sp³-hybridized carbons (Fsp3) is 0.882. The third-order valence-corrected chi connectivity index (χ3v) is 3.57. The van der Waals surface area contributed by atoms with E-state index in [4.69, 9.17) is 19.9 Å². The molecule has 1 amide bonds. The maximum Gasteiger partial charge on any atom is 0.222 e. The van der Waals surface area contributed by atoms with E-state index in [0.717, 1.165) is 19.1 Å². The van der Waals surface area contributed by atoms with Crippen LogP contribution in [0.2, 0.25) is 0 Å². The highest BCUT2D eigenvalue weighted by Gasteiger charge is 2.29. The van der Waals surface area contributed by atoms with Gasteiger partial charge in [0.25, 0.3) is 0 Å². The largest absolute Gasteiger partial charge is 0.379 e. The Morgan fingerprint density at radius 1 is 1.12 bits per heavy atom. The first-order valence-corrected chi connectivity index (χ1v) is 8.96. The van der Waals surface area contributed by atoms with Crippen LogP contribution in [0.25, 0.3) is 0 Å². The lowest BCUT2D eigenvalue weighted by atomic mass is 10.0. The number of carbonyl (C=O) groups is 2. The van der Waals surface area contributed by atoms with Crippen molar-refractivity contribution in [1.29, 1.82) is 0 Å². The van der Waals surface area contributed by atoms with Crippen molar-refractivity contribution in [2.24, 2.45) is 5.73 Å². The number of nitrogens with one attached hydrogen (secondary N) is 2. The molecule has 0 heterocycles. The number of hydrogen-bond donors (Lipinski definition) is 3. The number of aldehydes is 1. The quantitative estimate of drug-likeness (QED) is 0.230. The van der Waals surface area contributed by atoms with Crippen LogP contribution in [0.3, 0.4) is 0 Å². The third kappa shape index (κ3) is 12.9. The standard InChI is InChI=1S/C17H35N3O5/c1-3-10-23-13-17(19-2,14-24-11-5-9-21)15-25-12-6-16(22)20-8-4-7-18/h9,19H,3-8,10-15,18H2,1-2H3,(H,20,22). The molecule has 0 aliphatic rings. The van der Waals surface area contributed by atoms with E-state index in [1.165, 1.54) is 0 Å². The molecule has 0 saturated heterocycles. The van der Waals surface area contributed by atoms with Crippen molar-refractivity contribution in [3.8, 4) is 0 Å². The van der Waals surface area contributed by atoms with E-state index < -0.39 is 5.54 Å². The summed E-state index contributed by atoms with van der Waals surface area (Å²) >= 11 is 0. The number of likely N-dealkylation sites (N-methyl/N-ethyl adjacent to an activating group) is 1. The Balaban J connectivity index is 4.25. The lowest BCUT2D eigenvalue weighted by Gasteiger charge is -2.32. The van der Waals surface area contributed by atoms with Crippen molar-refractivity contribution < 1.29 is 23.8 Å². The zero-order chi connectivity index (χ0) is 18.8. The Bertz CT molecular complexity index is 344. The summed E-state index contributed by atoms with van der Waals surface area (Å²) in [7, 11) is 1.82. The van der Waals surface area contributed by atoms with Gasteiger partial charge in [-0.05, 0) is 26.4 Å². The summed E-state index contributed by atoms with van der Waals surface area (Å²) in [4.78, 5) is 22.0. The molecule has 0 aliphatic heterocycles. The molecule has 8 heteroatoms. The van der Waals surface area contributed by atoms with Gasteiger partial charge in [-0.3, -0.25) is 4.79 Å². The van der Waals surface area contributed by atoms with Gasteiger partial charge in [-0.1, -0.05) is 6.92 Å². The Kier molecular flexibility index (Phi) is 15.7. The van der Waals surface area contributed by atoms with Gasteiger partial charge in [-0.25, -0.2) is 0 Å². The number of ether oxygens (including phenoxy) is 3. The number of nitrogens with two attached hydrogens (primary N) is 1. The summed E-state index contributed by atoms with van der Waals surface area (Å²) in [5, 5.41) is 5.99. The number of carbonyl (C=O) groups excluding carboxylic acids is 2. The van der Waals surface area contributed by atoms with Gasteiger partial charge in [-0.15, -0.1) is 0 Å². The normalized spacial score (nSPS) is 13.4. The molecule has 148 valence electrons. The minimum absolute atomic E-state index is 0.0482. The van der Waals surface area contributed by atoms with Gasteiger partial charge in [0.05, 0.1) is 38.6 Å². The maximum atomic E-state index is 11.6. The SMILES string of the molecule is CCCOCC(COCCC=O)(COCCC(=O)NCCCN)NC. The molecule has 0 saturated carbocycles. The van der Waals surface area contributed by atoms with Crippen LogP contribution in [0.15, 0.2) is 0 Å². The Morgan fingerprint density at radius 2 is 1.76 bits per heavy atom. The second kappa shape index (κ2) is 16.4. The summed E-state index contributed by atoms with van der Waals surface area (Å²) in [6.45, 7) is 5.68. The third-order valence-electron chi connectivity index (χ3n) is 3.57. The van der Waals surface area contributed by atoms with Crippen molar-refractivity contribution >= 4 is 12.2 Å². The van der Waals surface area contributed by atoms with Crippen LogP contribution in [0.5, 0.6) is 0 Å². The smallest absolute Gasteiger partial charge is 0.222 e.